The number of nitrogens with one attached hydrogen (secondary N) is 1. The molecule has 0 amide bonds. The van der Waals surface area contributed by atoms with Crippen LogP contribution in [0.2, 0.25) is 0 Å². The SMILES string of the molecule is O=[C]C(=CNc1ccc(Cn2ccnn2)cc1)C(=O)c1cc(F)c(F)c(F)c1F. The van der Waals surface area contributed by atoms with Crippen molar-refractivity contribution in [1.29, 1.82) is 0 Å². The molecule has 3 aromatic rings. The van der Waals surface area contributed by atoms with Gasteiger partial charge in [0.2, 0.25) is 12.1 Å². The van der Waals surface area contributed by atoms with E-state index in [2.05, 4.69) is 15.6 Å². The van der Waals surface area contributed by atoms with Crippen LogP contribution in [0.4, 0.5) is 23.2 Å². The Balaban J connectivity index is 1.76. The van der Waals surface area contributed by atoms with E-state index in [1.807, 2.05) is 0 Å². The van der Waals surface area contributed by atoms with E-state index in [0.29, 0.717) is 12.2 Å². The summed E-state index contributed by atoms with van der Waals surface area (Å²) < 4.78 is 55.0. The second-order valence-corrected chi connectivity index (χ2v) is 5.78. The predicted octanol–water partition coefficient (Wildman–Crippen LogP) is 3.17. The normalized spacial score (nSPS) is 11.4. The van der Waals surface area contributed by atoms with E-state index in [4.69, 9.17) is 0 Å². The molecule has 0 saturated carbocycles. The maximum atomic E-state index is 13.8. The summed E-state index contributed by atoms with van der Waals surface area (Å²) in [4.78, 5) is 23.3. The number of ketones is 1. The van der Waals surface area contributed by atoms with Gasteiger partial charge in [0.1, 0.15) is 0 Å². The lowest BCUT2D eigenvalue weighted by molar-refractivity contribution is 0.103. The lowest BCUT2D eigenvalue weighted by atomic mass is 10.0. The van der Waals surface area contributed by atoms with Crippen LogP contribution in [0.3, 0.4) is 0 Å². The molecule has 1 heterocycles. The Morgan fingerprint density at radius 2 is 1.83 bits per heavy atom. The smallest absolute Gasteiger partial charge is 0.239 e. The van der Waals surface area contributed by atoms with Crippen LogP contribution in [0.15, 0.2) is 54.5 Å². The average molecular weight is 403 g/mol. The highest BCUT2D eigenvalue weighted by atomic mass is 19.2. The zero-order chi connectivity index (χ0) is 21.0. The van der Waals surface area contributed by atoms with E-state index in [-0.39, 0.29) is 6.07 Å². The minimum atomic E-state index is -2.14. The Bertz CT molecular complexity index is 1080. The molecule has 1 aromatic heterocycles. The lowest BCUT2D eigenvalue weighted by Gasteiger charge is -2.07. The van der Waals surface area contributed by atoms with Crippen molar-refractivity contribution in [1.82, 2.24) is 15.0 Å². The van der Waals surface area contributed by atoms with E-state index >= 15 is 0 Å². The molecule has 0 bridgehead atoms. The summed E-state index contributed by atoms with van der Waals surface area (Å²) in [6.45, 7) is 0.475. The largest absolute Gasteiger partial charge is 0.361 e. The van der Waals surface area contributed by atoms with Crippen LogP contribution < -0.4 is 5.32 Å². The molecule has 0 aliphatic carbocycles. The van der Waals surface area contributed by atoms with Gasteiger partial charge >= 0.3 is 0 Å². The first-order valence-electron chi connectivity index (χ1n) is 8.06. The van der Waals surface area contributed by atoms with Crippen molar-refractivity contribution >= 4 is 17.8 Å². The monoisotopic (exact) mass is 403 g/mol. The molecule has 6 nitrogen and oxygen atoms in total. The number of benzene rings is 2. The molecule has 147 valence electrons. The fourth-order valence-electron chi connectivity index (χ4n) is 2.39. The van der Waals surface area contributed by atoms with E-state index in [1.54, 1.807) is 35.1 Å². The molecule has 29 heavy (non-hydrogen) atoms. The summed E-state index contributed by atoms with van der Waals surface area (Å²) in [7, 11) is 0. The molecule has 10 heteroatoms. The van der Waals surface area contributed by atoms with Crippen molar-refractivity contribution in [3.63, 3.8) is 0 Å². The Labute approximate surface area is 161 Å². The van der Waals surface area contributed by atoms with E-state index < -0.39 is 40.2 Å². The Morgan fingerprint density at radius 1 is 1.10 bits per heavy atom. The molecule has 0 aliphatic rings. The number of Topliss-reactive ketones (excluding diaryl/α,β-unsaturated/α-hetero) is 1. The van der Waals surface area contributed by atoms with E-state index in [9.17, 15) is 27.2 Å². The summed E-state index contributed by atoms with van der Waals surface area (Å²) in [5.41, 5.74) is -0.505. The first-order valence-corrected chi connectivity index (χ1v) is 8.06. The molecule has 1 N–H and O–H groups in total. The average Bonchev–Trinajstić information content (AvgIpc) is 3.23. The number of carbonyl (C=O) groups excluding carboxylic acids is 2. The van der Waals surface area contributed by atoms with Crippen molar-refractivity contribution in [2.45, 2.75) is 6.54 Å². The van der Waals surface area contributed by atoms with Crippen LogP contribution in [0.25, 0.3) is 0 Å². The molecule has 0 fully saturated rings. The van der Waals surface area contributed by atoms with Crippen LogP contribution in [-0.2, 0) is 11.3 Å². The minimum Gasteiger partial charge on any atom is -0.361 e. The van der Waals surface area contributed by atoms with Crippen molar-refractivity contribution < 1.29 is 27.2 Å². The van der Waals surface area contributed by atoms with Gasteiger partial charge in [-0.15, -0.1) is 5.10 Å². The first-order chi connectivity index (χ1) is 13.9. The number of halogens is 4. The molecule has 3 rings (SSSR count). The number of anilines is 1. The van der Waals surface area contributed by atoms with Gasteiger partial charge in [-0.1, -0.05) is 17.3 Å². The number of nitrogens with zero attached hydrogens (tertiary/aromatic N) is 3. The lowest BCUT2D eigenvalue weighted by Crippen LogP contribution is -2.12. The second kappa shape index (κ2) is 8.46. The Hall–Kier alpha value is -3.82. The molecule has 0 aliphatic heterocycles. The zero-order valence-electron chi connectivity index (χ0n) is 14.5. The molecule has 1 radical (unpaired) electrons. The fourth-order valence-corrected chi connectivity index (χ4v) is 2.39. The molecule has 2 aromatic carbocycles. The number of rotatable bonds is 7. The molecular weight excluding hydrogens is 392 g/mol. The van der Waals surface area contributed by atoms with Crippen LogP contribution >= 0.6 is 0 Å². The summed E-state index contributed by atoms with van der Waals surface area (Å²) in [6.07, 6.45) is 5.40. The van der Waals surface area contributed by atoms with Crippen molar-refractivity contribution in [3.8, 4) is 0 Å². The van der Waals surface area contributed by atoms with Gasteiger partial charge in [0, 0.05) is 18.1 Å². The minimum absolute atomic E-state index is 0.181. The summed E-state index contributed by atoms with van der Waals surface area (Å²) in [5.74, 6) is -9.20. The van der Waals surface area contributed by atoms with Gasteiger partial charge in [-0.2, -0.15) is 0 Å². The van der Waals surface area contributed by atoms with Gasteiger partial charge in [-0.25, -0.2) is 22.2 Å². The second-order valence-electron chi connectivity index (χ2n) is 5.78. The fraction of sp³-hybridized carbons (Fsp3) is 0.0526. The van der Waals surface area contributed by atoms with Gasteiger partial charge in [0.05, 0.1) is 23.9 Å². The molecular formula is C19H11F4N4O2. The van der Waals surface area contributed by atoms with Crippen molar-refractivity contribution in [2.75, 3.05) is 5.32 Å². The number of hydrogen-bond donors (Lipinski definition) is 1. The summed E-state index contributed by atoms with van der Waals surface area (Å²) in [6, 6.07) is 6.93. The van der Waals surface area contributed by atoms with Crippen molar-refractivity contribution in [2.24, 2.45) is 0 Å². The third-order valence-corrected chi connectivity index (χ3v) is 3.86. The first kappa shape index (κ1) is 19.9. The van der Waals surface area contributed by atoms with E-state index in [0.717, 1.165) is 11.8 Å². The molecule has 0 saturated heterocycles. The summed E-state index contributed by atoms with van der Waals surface area (Å²) >= 11 is 0. The van der Waals surface area contributed by atoms with Crippen molar-refractivity contribution in [3.05, 3.63) is 88.9 Å². The third-order valence-electron chi connectivity index (χ3n) is 3.86. The van der Waals surface area contributed by atoms with Crippen LogP contribution in [0.5, 0.6) is 0 Å². The molecule has 0 spiro atoms. The van der Waals surface area contributed by atoms with Gasteiger partial charge < -0.3 is 5.32 Å². The highest BCUT2D eigenvalue weighted by molar-refractivity contribution is 6.20. The topological polar surface area (TPSA) is 76.9 Å². The quantitative estimate of drug-likeness (QED) is 0.125. The van der Waals surface area contributed by atoms with Crippen LogP contribution in [-0.4, -0.2) is 27.1 Å². The highest BCUT2D eigenvalue weighted by Gasteiger charge is 2.25. The van der Waals surface area contributed by atoms with Gasteiger partial charge in [-0.3, -0.25) is 9.59 Å². The Morgan fingerprint density at radius 3 is 2.45 bits per heavy atom. The highest BCUT2D eigenvalue weighted by Crippen LogP contribution is 2.21. The number of allylic oxidation sites excluding steroid dienone is 1. The maximum Gasteiger partial charge on any atom is 0.239 e. The number of aromatic nitrogens is 3. The maximum absolute atomic E-state index is 13.8. The zero-order valence-corrected chi connectivity index (χ0v) is 14.5. The van der Waals surface area contributed by atoms with Gasteiger partial charge in [0.25, 0.3) is 0 Å². The predicted molar refractivity (Wildman–Crippen MR) is 93.6 cm³/mol. The molecule has 0 unspecified atom stereocenters. The van der Waals surface area contributed by atoms with Crippen LogP contribution in [0, 0.1) is 23.3 Å². The Kier molecular flexibility index (Phi) is 5.82. The standard InChI is InChI=1S/C19H11F4N4O2/c20-15-7-14(16(21)18(23)17(15)22)19(29)12(10-28)8-24-13-3-1-11(2-4-13)9-27-6-5-25-26-27/h1-8,24H,9H2. The number of hydrogen-bond acceptors (Lipinski definition) is 5. The van der Waals surface area contributed by atoms with E-state index in [1.165, 1.54) is 12.5 Å². The van der Waals surface area contributed by atoms with Gasteiger partial charge in [0.15, 0.2) is 23.3 Å². The molecule has 0 atom stereocenters. The van der Waals surface area contributed by atoms with Crippen LogP contribution in [0.1, 0.15) is 15.9 Å². The van der Waals surface area contributed by atoms with Gasteiger partial charge in [-0.05, 0) is 23.8 Å². The summed E-state index contributed by atoms with van der Waals surface area (Å²) in [5, 5.41) is 10.1. The number of carbonyl (C=O) groups is 1. The third kappa shape index (κ3) is 4.37.